The van der Waals surface area contributed by atoms with Crippen LogP contribution in [0.3, 0.4) is 0 Å². The molecule has 0 radical (unpaired) electrons. The van der Waals surface area contributed by atoms with Crippen LogP contribution >= 0.6 is 7.82 Å². The number of carbonyl (C=O) groups excluding carboxylic acids is 1. The van der Waals surface area contributed by atoms with Gasteiger partial charge in [-0.15, -0.1) is 0 Å². The fourth-order valence-electron chi connectivity index (χ4n) is 4.94. The normalized spacial score (nSPS) is 15.0. The van der Waals surface area contributed by atoms with Gasteiger partial charge in [0.1, 0.15) is 6.61 Å². The van der Waals surface area contributed by atoms with Crippen molar-refractivity contribution in [2.75, 3.05) is 26.4 Å². The van der Waals surface area contributed by atoms with Gasteiger partial charge < -0.3 is 25.2 Å². The van der Waals surface area contributed by atoms with Crippen molar-refractivity contribution in [3.63, 3.8) is 0 Å². The number of nitrogens with two attached hydrogens (primary N) is 1. The predicted octanol–water partition coefficient (Wildman–Crippen LogP) is 11.1. The highest BCUT2D eigenvalue weighted by molar-refractivity contribution is 7.47. The van der Waals surface area contributed by atoms with Crippen LogP contribution in [0.1, 0.15) is 142 Å². The summed E-state index contributed by atoms with van der Waals surface area (Å²) >= 11 is 0. The van der Waals surface area contributed by atoms with Crippen molar-refractivity contribution in [1.29, 1.82) is 0 Å². The molecular formula is C43H74NO8P. The summed E-state index contributed by atoms with van der Waals surface area (Å²) in [5.41, 5.74) is 5.34. The number of phosphoric acid groups is 1. The van der Waals surface area contributed by atoms with E-state index < -0.39 is 19.9 Å². The monoisotopic (exact) mass is 764 g/mol. The standard InChI is InChI=1S/C43H74NO8P/c1-3-5-6-7-8-9-10-11-18-21-24-27-30-33-37-49-39-42(40-51-53(47,48)50-38-36-44)52-43(46)35-32-29-26-23-20-17-15-13-12-14-16-19-22-25-28-31-34-41(45)4-2/h12-13,16-17,19-20,25-26,28-29,31,33-34,37,41-42,45H,3-11,14-15,18,21-24,27,30,32,35-36,38-40,44H2,1-2H3,(H,47,48)/b13-12-,19-16-,20-17-,28-25-,29-26-,34-31+,37-33-. The van der Waals surface area contributed by atoms with Gasteiger partial charge in [-0.3, -0.25) is 13.8 Å². The Kier molecular flexibility index (Phi) is 37.3. The van der Waals surface area contributed by atoms with Gasteiger partial charge in [0.2, 0.25) is 0 Å². The van der Waals surface area contributed by atoms with Gasteiger partial charge in [0.25, 0.3) is 0 Å². The summed E-state index contributed by atoms with van der Waals surface area (Å²) in [7, 11) is -4.32. The van der Waals surface area contributed by atoms with Gasteiger partial charge in [0.15, 0.2) is 6.10 Å². The second kappa shape index (κ2) is 39.2. The van der Waals surface area contributed by atoms with Crippen LogP contribution in [-0.2, 0) is 27.9 Å². The Morgan fingerprint density at radius 1 is 0.679 bits per heavy atom. The van der Waals surface area contributed by atoms with Gasteiger partial charge >= 0.3 is 13.8 Å². The Morgan fingerprint density at radius 2 is 1.23 bits per heavy atom. The van der Waals surface area contributed by atoms with E-state index in [1.54, 1.807) is 12.3 Å². The van der Waals surface area contributed by atoms with Crippen LogP contribution < -0.4 is 5.73 Å². The number of rotatable bonds is 37. The number of esters is 1. The van der Waals surface area contributed by atoms with Crippen LogP contribution in [0.5, 0.6) is 0 Å². The highest BCUT2D eigenvalue weighted by atomic mass is 31.2. The maximum absolute atomic E-state index is 12.5. The third-order valence-corrected chi connectivity index (χ3v) is 9.05. The minimum Gasteiger partial charge on any atom is -0.498 e. The molecule has 0 spiro atoms. The van der Waals surface area contributed by atoms with E-state index in [9.17, 15) is 19.4 Å². The lowest BCUT2D eigenvalue weighted by atomic mass is 10.0. The highest BCUT2D eigenvalue weighted by Crippen LogP contribution is 2.43. The van der Waals surface area contributed by atoms with Gasteiger partial charge in [0.05, 0.1) is 25.6 Å². The zero-order valence-corrected chi connectivity index (χ0v) is 34.0. The highest BCUT2D eigenvalue weighted by Gasteiger charge is 2.25. The molecule has 0 saturated heterocycles. The number of allylic oxidation sites excluding steroid dienone is 12. The Labute approximate surface area is 322 Å². The summed E-state index contributed by atoms with van der Waals surface area (Å²) in [4.78, 5) is 22.4. The summed E-state index contributed by atoms with van der Waals surface area (Å²) in [5, 5.41) is 9.46. The number of aliphatic hydroxyl groups excluding tert-OH is 1. The molecule has 0 aliphatic rings. The molecule has 0 fully saturated rings. The Morgan fingerprint density at radius 3 is 1.79 bits per heavy atom. The van der Waals surface area contributed by atoms with E-state index in [0.29, 0.717) is 6.42 Å². The van der Waals surface area contributed by atoms with Crippen LogP contribution in [-0.4, -0.2) is 54.5 Å². The lowest BCUT2D eigenvalue weighted by Gasteiger charge is -2.19. The number of hydrogen-bond acceptors (Lipinski definition) is 8. The molecule has 0 saturated carbocycles. The molecule has 0 heterocycles. The van der Waals surface area contributed by atoms with Crippen molar-refractivity contribution >= 4 is 13.8 Å². The summed E-state index contributed by atoms with van der Waals surface area (Å²) in [5.74, 6) is -0.447. The van der Waals surface area contributed by atoms with Crippen molar-refractivity contribution in [3.8, 4) is 0 Å². The van der Waals surface area contributed by atoms with Crippen LogP contribution in [0, 0.1) is 0 Å². The summed E-state index contributed by atoms with van der Waals surface area (Å²) in [6, 6.07) is 0. The fourth-order valence-corrected chi connectivity index (χ4v) is 5.70. The molecule has 9 nitrogen and oxygen atoms in total. The van der Waals surface area contributed by atoms with E-state index in [2.05, 4.69) is 49.5 Å². The first kappa shape index (κ1) is 50.5. The first-order valence-corrected chi connectivity index (χ1v) is 21.7. The van der Waals surface area contributed by atoms with E-state index in [1.165, 1.54) is 70.6 Å². The second-order valence-electron chi connectivity index (χ2n) is 13.0. The van der Waals surface area contributed by atoms with Crippen molar-refractivity contribution in [3.05, 3.63) is 85.3 Å². The van der Waals surface area contributed by atoms with Gasteiger partial charge in [0, 0.05) is 13.0 Å². The lowest BCUT2D eigenvalue weighted by molar-refractivity contribution is -0.153. The largest absolute Gasteiger partial charge is 0.498 e. The topological polar surface area (TPSA) is 138 Å². The van der Waals surface area contributed by atoms with Crippen molar-refractivity contribution in [2.24, 2.45) is 5.73 Å². The molecular weight excluding hydrogens is 689 g/mol. The molecule has 304 valence electrons. The molecule has 3 unspecified atom stereocenters. The second-order valence-corrected chi connectivity index (χ2v) is 14.5. The number of hydrogen-bond donors (Lipinski definition) is 3. The molecule has 0 aliphatic heterocycles. The zero-order chi connectivity index (χ0) is 38.9. The Bertz CT molecular complexity index is 1100. The molecule has 0 aliphatic carbocycles. The van der Waals surface area contributed by atoms with Gasteiger partial charge in [-0.05, 0) is 57.4 Å². The van der Waals surface area contributed by atoms with Crippen LogP contribution in [0.4, 0.5) is 0 Å². The van der Waals surface area contributed by atoms with Gasteiger partial charge in [-0.1, -0.05) is 157 Å². The molecule has 0 amide bonds. The number of phosphoric ester groups is 1. The number of carbonyl (C=O) groups is 1. The maximum atomic E-state index is 12.5. The number of aliphatic hydroxyl groups is 1. The molecule has 0 rings (SSSR count). The molecule has 0 aromatic rings. The van der Waals surface area contributed by atoms with Crippen molar-refractivity contribution in [1.82, 2.24) is 0 Å². The first-order chi connectivity index (χ1) is 25.8. The van der Waals surface area contributed by atoms with E-state index in [4.69, 9.17) is 24.3 Å². The molecule has 3 atom stereocenters. The average molecular weight is 764 g/mol. The molecule has 0 aromatic carbocycles. The quantitative estimate of drug-likeness (QED) is 0.0141. The van der Waals surface area contributed by atoms with Crippen molar-refractivity contribution in [2.45, 2.75) is 154 Å². The summed E-state index contributed by atoms with van der Waals surface area (Å²) in [6.45, 7) is 3.79. The lowest BCUT2D eigenvalue weighted by Crippen LogP contribution is -2.27. The SMILES string of the molecule is CCCCCCCCCCCCCC/C=C\OCC(COP(=O)(O)OCCN)OC(=O)CC/C=C\C/C=C\C/C=C\C/C=C\C/C=C\C=C\C(O)CC. The first-order valence-electron chi connectivity index (χ1n) is 20.2. The van der Waals surface area contributed by atoms with Gasteiger partial charge in [-0.25, -0.2) is 4.57 Å². The Hall–Kier alpha value is -2.52. The van der Waals surface area contributed by atoms with Crippen molar-refractivity contribution < 1.29 is 37.9 Å². The van der Waals surface area contributed by atoms with Crippen LogP contribution in [0.25, 0.3) is 0 Å². The maximum Gasteiger partial charge on any atom is 0.472 e. The van der Waals surface area contributed by atoms with Crippen LogP contribution in [0.2, 0.25) is 0 Å². The number of unbranched alkanes of at least 4 members (excludes halogenated alkanes) is 12. The average Bonchev–Trinajstić information content (AvgIpc) is 3.15. The van der Waals surface area contributed by atoms with E-state index in [1.807, 2.05) is 37.3 Å². The minimum atomic E-state index is -4.32. The third kappa shape index (κ3) is 39.0. The smallest absolute Gasteiger partial charge is 0.472 e. The third-order valence-electron chi connectivity index (χ3n) is 8.06. The van der Waals surface area contributed by atoms with Crippen LogP contribution in [0.15, 0.2) is 85.3 Å². The number of ether oxygens (including phenoxy) is 2. The fraction of sp³-hybridized carbons (Fsp3) is 0.651. The summed E-state index contributed by atoms with van der Waals surface area (Å²) in [6.07, 6.45) is 48.0. The molecule has 10 heteroatoms. The van der Waals surface area contributed by atoms with E-state index in [0.717, 1.165) is 44.9 Å². The molecule has 4 N–H and O–H groups in total. The zero-order valence-electron chi connectivity index (χ0n) is 33.1. The van der Waals surface area contributed by atoms with E-state index >= 15 is 0 Å². The molecule has 53 heavy (non-hydrogen) atoms. The van der Waals surface area contributed by atoms with E-state index in [-0.39, 0.29) is 38.9 Å². The molecule has 0 aromatic heterocycles. The molecule has 0 bridgehead atoms. The summed E-state index contributed by atoms with van der Waals surface area (Å²) < 4.78 is 33.0. The Balaban J connectivity index is 4.30. The minimum absolute atomic E-state index is 0.0102. The predicted molar refractivity (Wildman–Crippen MR) is 220 cm³/mol. The van der Waals surface area contributed by atoms with Gasteiger partial charge in [-0.2, -0.15) is 0 Å².